The summed E-state index contributed by atoms with van der Waals surface area (Å²) in [5, 5.41) is 4.32. The van der Waals surface area contributed by atoms with E-state index < -0.39 is 0 Å². The van der Waals surface area contributed by atoms with Crippen LogP contribution >= 0.6 is 28.1 Å². The van der Waals surface area contributed by atoms with Gasteiger partial charge in [0, 0.05) is 34.8 Å². The summed E-state index contributed by atoms with van der Waals surface area (Å²) in [4.78, 5) is 6.93. The van der Waals surface area contributed by atoms with E-state index in [9.17, 15) is 0 Å². The fourth-order valence-corrected chi connectivity index (χ4v) is 4.37. The van der Waals surface area contributed by atoms with Crippen molar-refractivity contribution in [3.8, 4) is 5.69 Å². The molecule has 1 aliphatic rings. The number of nitrogens with one attached hydrogen (secondary N) is 1. The molecule has 1 aliphatic heterocycles. The van der Waals surface area contributed by atoms with Gasteiger partial charge in [0.1, 0.15) is 0 Å². The third-order valence-corrected chi connectivity index (χ3v) is 5.83. The van der Waals surface area contributed by atoms with Gasteiger partial charge in [-0.1, -0.05) is 35.8 Å². The molecule has 3 aromatic rings. The third kappa shape index (κ3) is 3.71. The third-order valence-electron chi connectivity index (χ3n) is 4.95. The molecule has 0 radical (unpaired) electrons. The second-order valence-corrected chi connectivity index (χ2v) is 8.75. The van der Waals surface area contributed by atoms with Crippen LogP contribution in [0.15, 0.2) is 71.5 Å². The molecule has 1 saturated heterocycles. The Morgan fingerprint density at radius 3 is 2.57 bits per heavy atom. The van der Waals surface area contributed by atoms with Crippen LogP contribution in [0.3, 0.4) is 0 Å². The van der Waals surface area contributed by atoms with Crippen molar-refractivity contribution < 1.29 is 0 Å². The van der Waals surface area contributed by atoms with Crippen molar-refractivity contribution in [1.29, 1.82) is 0 Å². The Morgan fingerprint density at radius 2 is 1.89 bits per heavy atom. The molecule has 0 unspecified atom stereocenters. The van der Waals surface area contributed by atoms with E-state index in [0.717, 1.165) is 27.5 Å². The minimum atomic E-state index is 0.0107. The maximum absolute atomic E-state index is 5.74. The molecule has 2 aromatic heterocycles. The maximum Gasteiger partial charge on any atom is 0.170 e. The van der Waals surface area contributed by atoms with Crippen LogP contribution in [0.25, 0.3) is 5.69 Å². The molecule has 6 heteroatoms. The lowest BCUT2D eigenvalue weighted by molar-refractivity contribution is 0.280. The lowest BCUT2D eigenvalue weighted by Crippen LogP contribution is -2.33. The Labute approximate surface area is 179 Å². The zero-order valence-corrected chi connectivity index (χ0v) is 18.3. The molecule has 1 fully saturated rings. The summed E-state index contributed by atoms with van der Waals surface area (Å²) in [6.07, 6.45) is 3.96. The molecule has 28 heavy (non-hydrogen) atoms. The first-order chi connectivity index (χ1) is 13.5. The molecule has 1 aromatic carbocycles. The largest absolute Gasteiger partial charge is 0.352 e. The second-order valence-electron chi connectivity index (χ2n) is 7.45. The van der Waals surface area contributed by atoms with Gasteiger partial charge in [0.05, 0.1) is 17.8 Å². The smallest absolute Gasteiger partial charge is 0.170 e. The molecule has 0 spiro atoms. The summed E-state index contributed by atoms with van der Waals surface area (Å²) < 4.78 is 3.32. The highest BCUT2D eigenvalue weighted by molar-refractivity contribution is 9.10. The van der Waals surface area contributed by atoms with Gasteiger partial charge >= 0.3 is 0 Å². The number of pyridine rings is 1. The molecule has 4 rings (SSSR count). The van der Waals surface area contributed by atoms with Crippen LogP contribution < -0.4 is 5.32 Å². The van der Waals surface area contributed by atoms with E-state index in [2.05, 4.69) is 98.2 Å². The number of halogens is 1. The highest BCUT2D eigenvalue weighted by Crippen LogP contribution is 2.39. The monoisotopic (exact) mass is 454 g/mol. The summed E-state index contributed by atoms with van der Waals surface area (Å²) in [6, 6.07) is 18.8. The van der Waals surface area contributed by atoms with Crippen molar-refractivity contribution >= 4 is 33.3 Å². The van der Waals surface area contributed by atoms with Gasteiger partial charge in [-0.2, -0.15) is 0 Å². The van der Waals surface area contributed by atoms with Crippen LogP contribution in [0.4, 0.5) is 0 Å². The molecule has 4 nitrogen and oxygen atoms in total. The van der Waals surface area contributed by atoms with E-state index in [-0.39, 0.29) is 12.1 Å². The molecule has 2 atom stereocenters. The number of benzene rings is 1. The number of thiocarbonyl (C=S) groups is 1. The number of hydrogen-bond acceptors (Lipinski definition) is 2. The number of hydrogen-bond donors (Lipinski definition) is 1. The molecular weight excluding hydrogens is 432 g/mol. The van der Waals surface area contributed by atoms with E-state index in [1.165, 1.54) is 5.69 Å². The van der Waals surface area contributed by atoms with Crippen LogP contribution in [0.5, 0.6) is 0 Å². The van der Waals surface area contributed by atoms with E-state index >= 15 is 0 Å². The first-order valence-electron chi connectivity index (χ1n) is 9.46. The van der Waals surface area contributed by atoms with Gasteiger partial charge in [-0.25, -0.2) is 0 Å². The predicted molar refractivity (Wildman–Crippen MR) is 120 cm³/mol. The van der Waals surface area contributed by atoms with Crippen LogP contribution in [0, 0.1) is 5.92 Å². The second kappa shape index (κ2) is 8.05. The van der Waals surface area contributed by atoms with E-state index in [0.29, 0.717) is 5.92 Å². The van der Waals surface area contributed by atoms with Crippen molar-refractivity contribution in [2.24, 2.45) is 5.92 Å². The molecular formula is C22H23BrN4S. The van der Waals surface area contributed by atoms with E-state index in [1.807, 2.05) is 18.3 Å². The van der Waals surface area contributed by atoms with Gasteiger partial charge in [0.25, 0.3) is 0 Å². The van der Waals surface area contributed by atoms with Gasteiger partial charge in [-0.05, 0) is 66.7 Å². The van der Waals surface area contributed by atoms with Crippen LogP contribution in [-0.2, 0) is 0 Å². The van der Waals surface area contributed by atoms with Crippen molar-refractivity contribution in [1.82, 2.24) is 19.8 Å². The number of aromatic nitrogens is 2. The SMILES string of the molecule is CC(C)CN1C(=S)N[C@@H](c2ccccn2)[C@H]1c1cccn1-c1ccc(Br)cc1. The molecule has 1 N–H and O–H groups in total. The van der Waals surface area contributed by atoms with Crippen LogP contribution in [0.2, 0.25) is 0 Å². The molecule has 144 valence electrons. The Bertz CT molecular complexity index is 952. The summed E-state index contributed by atoms with van der Waals surface area (Å²) in [6.45, 7) is 5.34. The Morgan fingerprint density at radius 1 is 1.11 bits per heavy atom. The van der Waals surface area contributed by atoms with Gasteiger partial charge in [0.2, 0.25) is 0 Å². The molecule has 0 saturated carbocycles. The molecule has 0 amide bonds. The summed E-state index contributed by atoms with van der Waals surface area (Å²) in [7, 11) is 0. The van der Waals surface area contributed by atoms with Gasteiger partial charge in [-0.3, -0.25) is 4.98 Å². The lowest BCUT2D eigenvalue weighted by atomic mass is 10.0. The zero-order chi connectivity index (χ0) is 19.7. The topological polar surface area (TPSA) is 33.1 Å². The Kier molecular flexibility index (Phi) is 5.51. The minimum absolute atomic E-state index is 0.0107. The fourth-order valence-electron chi connectivity index (χ4n) is 3.79. The van der Waals surface area contributed by atoms with Crippen LogP contribution in [-0.4, -0.2) is 26.1 Å². The normalized spacial score (nSPS) is 19.3. The average Bonchev–Trinajstić information content (AvgIpc) is 3.28. The van der Waals surface area contributed by atoms with Gasteiger partial charge < -0.3 is 14.8 Å². The molecule has 0 aliphatic carbocycles. The quantitative estimate of drug-likeness (QED) is 0.532. The summed E-state index contributed by atoms with van der Waals surface area (Å²) in [5.74, 6) is 0.501. The van der Waals surface area contributed by atoms with E-state index in [4.69, 9.17) is 12.2 Å². The maximum atomic E-state index is 5.74. The van der Waals surface area contributed by atoms with E-state index in [1.54, 1.807) is 0 Å². The van der Waals surface area contributed by atoms with Gasteiger partial charge in [-0.15, -0.1) is 0 Å². The summed E-state index contributed by atoms with van der Waals surface area (Å²) >= 11 is 9.26. The Hall–Kier alpha value is -2.18. The fraction of sp³-hybridized carbons (Fsp3) is 0.273. The lowest BCUT2D eigenvalue weighted by Gasteiger charge is -2.30. The number of rotatable bonds is 5. The number of nitrogens with zero attached hydrogens (tertiary/aromatic N) is 3. The van der Waals surface area contributed by atoms with Crippen LogP contribution in [0.1, 0.15) is 37.3 Å². The standard InChI is InChI=1S/C22H23BrN4S/c1-15(2)14-27-21(20(25-22(27)28)18-6-3-4-12-24-18)19-7-5-13-26(19)17-10-8-16(23)9-11-17/h3-13,15,20-21H,14H2,1-2H3,(H,25,28)/t20-,21+/m0/s1. The molecule has 0 bridgehead atoms. The average molecular weight is 455 g/mol. The first-order valence-corrected chi connectivity index (χ1v) is 10.7. The Balaban J connectivity index is 1.80. The predicted octanol–water partition coefficient (Wildman–Crippen LogP) is 5.26. The zero-order valence-electron chi connectivity index (χ0n) is 15.9. The van der Waals surface area contributed by atoms with Crippen molar-refractivity contribution in [3.63, 3.8) is 0 Å². The van der Waals surface area contributed by atoms with Crippen molar-refractivity contribution in [2.45, 2.75) is 25.9 Å². The summed E-state index contributed by atoms with van der Waals surface area (Å²) in [5.41, 5.74) is 3.33. The van der Waals surface area contributed by atoms with Crippen molar-refractivity contribution in [2.75, 3.05) is 6.54 Å². The highest BCUT2D eigenvalue weighted by atomic mass is 79.9. The van der Waals surface area contributed by atoms with Crippen molar-refractivity contribution in [3.05, 3.63) is 82.9 Å². The first kappa shape index (κ1) is 19.2. The minimum Gasteiger partial charge on any atom is -0.352 e. The molecule has 3 heterocycles. The highest BCUT2D eigenvalue weighted by Gasteiger charge is 2.41. The van der Waals surface area contributed by atoms with Gasteiger partial charge in [0.15, 0.2) is 5.11 Å².